The predicted molar refractivity (Wildman–Crippen MR) is 96.3 cm³/mol. The fourth-order valence-electron chi connectivity index (χ4n) is 2.26. The molecule has 2 heterocycles. The van der Waals surface area contributed by atoms with Gasteiger partial charge in [0.05, 0.1) is 11.2 Å². The van der Waals surface area contributed by atoms with Crippen molar-refractivity contribution >= 4 is 17.3 Å². The predicted octanol–water partition coefficient (Wildman–Crippen LogP) is 2.63. The number of nitrogens with one attached hydrogen (secondary N) is 2. The van der Waals surface area contributed by atoms with Crippen LogP contribution in [0.15, 0.2) is 22.8 Å². The molecule has 0 aromatic carbocycles. The number of hydrogen-bond acceptors (Lipinski definition) is 4. The summed E-state index contributed by atoms with van der Waals surface area (Å²) in [6, 6.07) is 0. The van der Waals surface area contributed by atoms with Gasteiger partial charge in [0.15, 0.2) is 11.7 Å². The van der Waals surface area contributed by atoms with E-state index in [4.69, 9.17) is 0 Å². The molecule has 10 heteroatoms. The summed E-state index contributed by atoms with van der Waals surface area (Å²) in [5, 5.41) is 11.9. The van der Waals surface area contributed by atoms with E-state index in [-0.39, 0.29) is 0 Å². The molecule has 26 heavy (non-hydrogen) atoms. The average molecular weight is 388 g/mol. The Morgan fingerprint density at radius 2 is 2.12 bits per heavy atom. The van der Waals surface area contributed by atoms with E-state index in [1.165, 1.54) is 5.56 Å². The third-order valence-electron chi connectivity index (χ3n) is 3.47. The lowest BCUT2D eigenvalue weighted by Gasteiger charge is -2.10. The fourth-order valence-corrected chi connectivity index (χ4v) is 3.07. The third-order valence-corrected chi connectivity index (χ3v) is 4.38. The highest BCUT2D eigenvalue weighted by atomic mass is 32.1. The number of aryl methyl sites for hydroxylation is 2. The smallest absolute Gasteiger partial charge is 0.357 e. The van der Waals surface area contributed by atoms with Gasteiger partial charge in [-0.05, 0) is 25.3 Å². The molecule has 0 fully saturated rings. The lowest BCUT2D eigenvalue weighted by atomic mass is 10.2. The summed E-state index contributed by atoms with van der Waals surface area (Å²) in [6.45, 7) is 3.80. The summed E-state index contributed by atoms with van der Waals surface area (Å²) in [7, 11) is 1.88. The lowest BCUT2D eigenvalue weighted by molar-refractivity contribution is -0.140. The van der Waals surface area contributed by atoms with Gasteiger partial charge in [-0.25, -0.2) is 4.98 Å². The van der Waals surface area contributed by atoms with Crippen molar-refractivity contribution in [3.8, 4) is 0 Å². The fraction of sp³-hybridized carbons (Fsp3) is 0.562. The van der Waals surface area contributed by atoms with Crippen molar-refractivity contribution in [3.05, 3.63) is 34.0 Å². The normalized spacial score (nSPS) is 12.4. The van der Waals surface area contributed by atoms with Crippen molar-refractivity contribution < 1.29 is 13.2 Å². The summed E-state index contributed by atoms with van der Waals surface area (Å²) < 4.78 is 39.4. The maximum Gasteiger partial charge on any atom is 0.434 e. The van der Waals surface area contributed by atoms with Crippen molar-refractivity contribution in [1.29, 1.82) is 0 Å². The van der Waals surface area contributed by atoms with Crippen LogP contribution >= 0.6 is 11.3 Å². The van der Waals surface area contributed by atoms with Crippen LogP contribution in [0.1, 0.15) is 29.6 Å². The van der Waals surface area contributed by atoms with Gasteiger partial charge in [-0.3, -0.25) is 9.67 Å². The van der Waals surface area contributed by atoms with Gasteiger partial charge in [0.1, 0.15) is 0 Å². The highest BCUT2D eigenvalue weighted by molar-refractivity contribution is 7.09. The molecule has 0 saturated heterocycles. The number of alkyl halides is 3. The monoisotopic (exact) mass is 388 g/mol. The van der Waals surface area contributed by atoms with Gasteiger partial charge in [0.25, 0.3) is 0 Å². The molecule has 0 aliphatic rings. The van der Waals surface area contributed by atoms with Crippen LogP contribution in [0.3, 0.4) is 0 Å². The van der Waals surface area contributed by atoms with Crippen molar-refractivity contribution in [2.24, 2.45) is 12.0 Å². The van der Waals surface area contributed by atoms with Crippen LogP contribution in [-0.2, 0) is 26.1 Å². The minimum absolute atomic E-state index is 0.418. The van der Waals surface area contributed by atoms with E-state index in [0.29, 0.717) is 37.0 Å². The molecule has 2 rings (SSSR count). The van der Waals surface area contributed by atoms with E-state index in [1.807, 2.05) is 26.4 Å². The van der Waals surface area contributed by atoms with Crippen molar-refractivity contribution in [2.75, 3.05) is 19.6 Å². The number of aliphatic imine (C=N–C) groups is 1. The van der Waals surface area contributed by atoms with Crippen LogP contribution in [-0.4, -0.2) is 40.4 Å². The number of aromatic nitrogens is 3. The van der Waals surface area contributed by atoms with Crippen molar-refractivity contribution in [3.63, 3.8) is 0 Å². The van der Waals surface area contributed by atoms with E-state index >= 15 is 0 Å². The first-order chi connectivity index (χ1) is 12.4. The van der Waals surface area contributed by atoms with Crippen LogP contribution in [0, 0.1) is 0 Å². The molecule has 0 spiro atoms. The molecule has 144 valence electrons. The molecular formula is C16H23F3N6S. The van der Waals surface area contributed by atoms with Crippen LogP contribution in [0.5, 0.6) is 0 Å². The highest BCUT2D eigenvalue weighted by Crippen LogP contribution is 2.29. The number of thiazole rings is 1. The van der Waals surface area contributed by atoms with E-state index in [1.54, 1.807) is 4.68 Å². The van der Waals surface area contributed by atoms with Gasteiger partial charge >= 0.3 is 6.18 Å². The molecule has 0 aliphatic heterocycles. The quantitative estimate of drug-likeness (QED) is 0.414. The number of halogens is 3. The molecule has 0 radical (unpaired) electrons. The van der Waals surface area contributed by atoms with E-state index in [9.17, 15) is 13.2 Å². The van der Waals surface area contributed by atoms with Gasteiger partial charge in [0, 0.05) is 44.7 Å². The number of nitrogens with zero attached hydrogens (tertiary/aromatic N) is 4. The molecule has 2 aromatic heterocycles. The molecule has 0 unspecified atom stereocenters. The molecule has 0 bridgehead atoms. The molecule has 0 amide bonds. The Labute approximate surface area is 154 Å². The Morgan fingerprint density at radius 1 is 1.31 bits per heavy atom. The number of rotatable bonds is 8. The standard InChI is InChI=1S/C16H23F3N6S/c1-3-20-15(21-7-4-5-12-9-23-25(2)10-12)22-8-6-14-24-13(11-26-14)16(17,18)19/h9-11H,3-8H2,1-2H3,(H2,20,21,22). The Kier molecular flexibility index (Phi) is 7.43. The summed E-state index contributed by atoms with van der Waals surface area (Å²) >= 11 is 1.02. The second kappa shape index (κ2) is 9.56. The summed E-state index contributed by atoms with van der Waals surface area (Å²) in [4.78, 5) is 8.10. The molecule has 0 atom stereocenters. The largest absolute Gasteiger partial charge is 0.434 e. The van der Waals surface area contributed by atoms with Crippen LogP contribution < -0.4 is 10.6 Å². The third kappa shape index (κ3) is 6.66. The Morgan fingerprint density at radius 3 is 2.73 bits per heavy atom. The minimum Gasteiger partial charge on any atom is -0.357 e. The first kappa shape index (κ1) is 20.2. The molecule has 0 saturated carbocycles. The Balaban J connectivity index is 1.75. The van der Waals surface area contributed by atoms with E-state index in [2.05, 4.69) is 25.7 Å². The summed E-state index contributed by atoms with van der Waals surface area (Å²) in [5.41, 5.74) is 0.346. The molecular weight excluding hydrogens is 365 g/mol. The van der Waals surface area contributed by atoms with Crippen LogP contribution in [0.25, 0.3) is 0 Å². The maximum atomic E-state index is 12.5. The molecule has 6 nitrogen and oxygen atoms in total. The second-order valence-corrected chi connectivity index (χ2v) is 6.63. The summed E-state index contributed by atoms with van der Waals surface area (Å²) in [6.07, 6.45) is 1.65. The lowest BCUT2D eigenvalue weighted by Crippen LogP contribution is -2.38. The maximum absolute atomic E-state index is 12.5. The van der Waals surface area contributed by atoms with Crippen LogP contribution in [0.2, 0.25) is 0 Å². The first-order valence-corrected chi connectivity index (χ1v) is 9.27. The zero-order valence-electron chi connectivity index (χ0n) is 14.8. The van der Waals surface area contributed by atoms with Crippen molar-refractivity contribution in [1.82, 2.24) is 25.4 Å². The zero-order valence-corrected chi connectivity index (χ0v) is 15.6. The number of guanidine groups is 1. The average Bonchev–Trinajstić information content (AvgIpc) is 3.20. The SMILES string of the molecule is CCNC(=NCCCc1cnn(C)c1)NCCc1nc(C(F)(F)F)cs1. The van der Waals surface area contributed by atoms with Gasteiger partial charge < -0.3 is 10.6 Å². The van der Waals surface area contributed by atoms with Gasteiger partial charge in [-0.1, -0.05) is 0 Å². The Bertz CT molecular complexity index is 707. The second-order valence-electron chi connectivity index (χ2n) is 5.69. The Hall–Kier alpha value is -2.10. The molecule has 2 N–H and O–H groups in total. The molecule has 2 aromatic rings. The first-order valence-electron chi connectivity index (χ1n) is 8.39. The van der Waals surface area contributed by atoms with E-state index in [0.717, 1.165) is 29.6 Å². The van der Waals surface area contributed by atoms with Crippen LogP contribution in [0.4, 0.5) is 13.2 Å². The highest BCUT2D eigenvalue weighted by Gasteiger charge is 2.33. The van der Waals surface area contributed by atoms with Gasteiger partial charge in [-0.2, -0.15) is 18.3 Å². The van der Waals surface area contributed by atoms with Gasteiger partial charge in [0.2, 0.25) is 0 Å². The molecule has 0 aliphatic carbocycles. The van der Waals surface area contributed by atoms with Crippen molar-refractivity contribution in [2.45, 2.75) is 32.4 Å². The zero-order chi connectivity index (χ0) is 19.0. The van der Waals surface area contributed by atoms with Gasteiger partial charge in [-0.15, -0.1) is 11.3 Å². The minimum atomic E-state index is -4.38. The topological polar surface area (TPSA) is 67.1 Å². The van der Waals surface area contributed by atoms with E-state index < -0.39 is 11.9 Å². The number of hydrogen-bond donors (Lipinski definition) is 2. The summed E-state index contributed by atoms with van der Waals surface area (Å²) in [5.74, 6) is 0.659.